The standard InChI is InChI=1S/C25H40F2O5/c1-2-3-9-15-25(26,27)16-14-20-19(11-6-4-5-7-12-23(29)30)21(28)18-22(20)32-24-13-8-10-17-31-24/h4,6,14,16,19-22,24,28H,2-3,5,7-13,15,17-18H2,1H3,(H,29,30)/t19-,20-,21+,22-,24?/m1/s1. The van der Waals surface area contributed by atoms with E-state index in [0.29, 0.717) is 38.7 Å². The second kappa shape index (κ2) is 14.1. The van der Waals surface area contributed by atoms with Crippen LogP contribution < -0.4 is 0 Å². The Bertz CT molecular complexity index is 601. The number of allylic oxidation sites excluding steroid dienone is 3. The first-order valence-corrected chi connectivity index (χ1v) is 12.2. The number of aliphatic hydroxyl groups is 1. The molecule has 0 bridgehead atoms. The average molecular weight is 459 g/mol. The first-order valence-electron chi connectivity index (χ1n) is 12.2. The lowest BCUT2D eigenvalue weighted by atomic mass is 9.89. The molecule has 0 amide bonds. The molecule has 1 heterocycles. The number of rotatable bonds is 14. The lowest BCUT2D eigenvalue weighted by Crippen LogP contribution is -2.31. The molecule has 2 aliphatic rings. The van der Waals surface area contributed by atoms with Gasteiger partial charge in [-0.1, -0.05) is 38.0 Å². The van der Waals surface area contributed by atoms with Crippen LogP contribution in [0.15, 0.2) is 24.3 Å². The Kier molecular flexibility index (Phi) is 11.8. The second-order valence-corrected chi connectivity index (χ2v) is 9.09. The normalized spacial score (nSPS) is 29.3. The summed E-state index contributed by atoms with van der Waals surface area (Å²) >= 11 is 0. The number of halogens is 2. The van der Waals surface area contributed by atoms with E-state index in [1.165, 1.54) is 0 Å². The van der Waals surface area contributed by atoms with E-state index in [9.17, 15) is 18.7 Å². The zero-order chi connectivity index (χ0) is 23.4. The van der Waals surface area contributed by atoms with Crippen LogP contribution in [0.4, 0.5) is 8.78 Å². The van der Waals surface area contributed by atoms with Gasteiger partial charge in [0.2, 0.25) is 0 Å². The highest BCUT2D eigenvalue weighted by molar-refractivity contribution is 5.66. The van der Waals surface area contributed by atoms with Crippen LogP contribution in [-0.4, -0.2) is 47.2 Å². The smallest absolute Gasteiger partial charge is 0.303 e. The molecule has 7 heteroatoms. The van der Waals surface area contributed by atoms with Crippen LogP contribution in [0.1, 0.15) is 84.0 Å². The monoisotopic (exact) mass is 458 g/mol. The molecule has 184 valence electrons. The summed E-state index contributed by atoms with van der Waals surface area (Å²) in [5.74, 6) is -4.23. The van der Waals surface area contributed by atoms with Gasteiger partial charge in [0.1, 0.15) is 0 Å². The Labute approximate surface area is 190 Å². The number of carboxylic acid groups (broad SMARTS) is 1. The fourth-order valence-corrected chi connectivity index (χ4v) is 4.53. The number of alkyl halides is 2. The maximum atomic E-state index is 14.4. The second-order valence-electron chi connectivity index (χ2n) is 9.09. The number of aliphatic hydroxyl groups excluding tert-OH is 1. The number of carboxylic acids is 1. The third kappa shape index (κ3) is 9.67. The SMILES string of the molecule is CCCCCC(F)(F)C=C[C@@H]1[C@@H](CC=CCCCC(=O)O)[C@@H](O)C[C@H]1OC1CCCCO1. The molecule has 2 fully saturated rings. The summed E-state index contributed by atoms with van der Waals surface area (Å²) in [5.41, 5.74) is 0. The van der Waals surface area contributed by atoms with Gasteiger partial charge in [-0.25, -0.2) is 8.78 Å². The van der Waals surface area contributed by atoms with Gasteiger partial charge in [0.05, 0.1) is 12.2 Å². The van der Waals surface area contributed by atoms with Gasteiger partial charge in [0, 0.05) is 31.8 Å². The van der Waals surface area contributed by atoms with E-state index in [1.54, 1.807) is 6.08 Å². The van der Waals surface area contributed by atoms with E-state index in [-0.39, 0.29) is 37.1 Å². The molecule has 0 radical (unpaired) electrons. The highest BCUT2D eigenvalue weighted by Crippen LogP contribution is 2.40. The molecule has 2 N–H and O–H groups in total. The lowest BCUT2D eigenvalue weighted by molar-refractivity contribution is -0.193. The number of hydrogen-bond acceptors (Lipinski definition) is 4. The minimum atomic E-state index is -2.87. The van der Waals surface area contributed by atoms with Crippen molar-refractivity contribution in [3.63, 3.8) is 0 Å². The quantitative estimate of drug-likeness (QED) is 0.252. The fraction of sp³-hybridized carbons (Fsp3) is 0.800. The maximum Gasteiger partial charge on any atom is 0.303 e. The lowest BCUT2D eigenvalue weighted by Gasteiger charge is -2.29. The van der Waals surface area contributed by atoms with Gasteiger partial charge in [0.15, 0.2) is 6.29 Å². The molecule has 0 aromatic heterocycles. The van der Waals surface area contributed by atoms with Crippen molar-refractivity contribution in [1.82, 2.24) is 0 Å². The van der Waals surface area contributed by atoms with Crippen LogP contribution >= 0.6 is 0 Å². The van der Waals surface area contributed by atoms with Crippen LogP contribution in [-0.2, 0) is 14.3 Å². The highest BCUT2D eigenvalue weighted by Gasteiger charge is 2.43. The zero-order valence-electron chi connectivity index (χ0n) is 19.3. The van der Waals surface area contributed by atoms with E-state index < -0.39 is 18.0 Å². The number of carbonyl (C=O) groups is 1. The summed E-state index contributed by atoms with van der Waals surface area (Å²) in [7, 11) is 0. The number of aliphatic carboxylic acids is 1. The van der Waals surface area contributed by atoms with Gasteiger partial charge in [-0.3, -0.25) is 4.79 Å². The largest absolute Gasteiger partial charge is 0.481 e. The molecule has 1 aliphatic heterocycles. The van der Waals surface area contributed by atoms with Crippen molar-refractivity contribution in [2.45, 2.75) is 108 Å². The van der Waals surface area contributed by atoms with Crippen molar-refractivity contribution >= 4 is 5.97 Å². The van der Waals surface area contributed by atoms with E-state index in [0.717, 1.165) is 38.2 Å². The summed E-state index contributed by atoms with van der Waals surface area (Å²) in [4.78, 5) is 10.6. The maximum absolute atomic E-state index is 14.4. The van der Waals surface area contributed by atoms with Crippen molar-refractivity contribution in [3.05, 3.63) is 24.3 Å². The van der Waals surface area contributed by atoms with E-state index in [2.05, 4.69) is 0 Å². The minimum Gasteiger partial charge on any atom is -0.481 e. The molecule has 1 saturated carbocycles. The molecule has 0 spiro atoms. The molecule has 1 saturated heterocycles. The van der Waals surface area contributed by atoms with Crippen LogP contribution in [0.2, 0.25) is 0 Å². The fourth-order valence-electron chi connectivity index (χ4n) is 4.53. The number of unbranched alkanes of at least 4 members (excludes halogenated alkanes) is 3. The summed E-state index contributed by atoms with van der Waals surface area (Å²) in [6.45, 7) is 2.63. The van der Waals surface area contributed by atoms with E-state index >= 15 is 0 Å². The first-order chi connectivity index (χ1) is 15.3. The van der Waals surface area contributed by atoms with Crippen molar-refractivity contribution in [2.75, 3.05) is 6.61 Å². The Morgan fingerprint density at radius 1 is 1.22 bits per heavy atom. The number of hydrogen-bond donors (Lipinski definition) is 2. The summed E-state index contributed by atoms with van der Waals surface area (Å²) < 4.78 is 40.6. The van der Waals surface area contributed by atoms with Crippen molar-refractivity contribution in [2.24, 2.45) is 11.8 Å². The molecule has 1 aliphatic carbocycles. The molecular formula is C25H40F2O5. The Balaban J connectivity index is 2.02. The van der Waals surface area contributed by atoms with Crippen molar-refractivity contribution in [1.29, 1.82) is 0 Å². The third-order valence-corrected chi connectivity index (χ3v) is 6.37. The number of ether oxygens (including phenoxy) is 2. The van der Waals surface area contributed by atoms with Crippen LogP contribution in [0.25, 0.3) is 0 Å². The van der Waals surface area contributed by atoms with Crippen LogP contribution in [0.5, 0.6) is 0 Å². The van der Waals surface area contributed by atoms with Gasteiger partial charge in [0.25, 0.3) is 5.92 Å². The molecule has 32 heavy (non-hydrogen) atoms. The van der Waals surface area contributed by atoms with Gasteiger partial charge in [-0.05, 0) is 56.9 Å². The van der Waals surface area contributed by atoms with Gasteiger partial charge < -0.3 is 19.7 Å². The van der Waals surface area contributed by atoms with Gasteiger partial charge >= 0.3 is 5.97 Å². The summed E-state index contributed by atoms with van der Waals surface area (Å²) in [5, 5.41) is 19.4. The predicted molar refractivity (Wildman–Crippen MR) is 120 cm³/mol. The summed E-state index contributed by atoms with van der Waals surface area (Å²) in [6.07, 6.45) is 12.1. The molecule has 5 atom stereocenters. The van der Waals surface area contributed by atoms with Crippen molar-refractivity contribution < 1.29 is 33.3 Å². The van der Waals surface area contributed by atoms with Crippen molar-refractivity contribution in [3.8, 4) is 0 Å². The van der Waals surface area contributed by atoms with E-state index in [1.807, 2.05) is 19.1 Å². The van der Waals surface area contributed by atoms with E-state index in [4.69, 9.17) is 14.6 Å². The third-order valence-electron chi connectivity index (χ3n) is 6.37. The predicted octanol–water partition coefficient (Wildman–Crippen LogP) is 5.87. The molecule has 1 unspecified atom stereocenters. The summed E-state index contributed by atoms with van der Waals surface area (Å²) in [6, 6.07) is 0. The first kappa shape index (κ1) is 26.9. The van der Waals surface area contributed by atoms with Gasteiger partial charge in [-0.2, -0.15) is 0 Å². The Morgan fingerprint density at radius 3 is 2.72 bits per heavy atom. The molecule has 0 aromatic carbocycles. The average Bonchev–Trinajstić information content (AvgIpc) is 3.03. The Hall–Kier alpha value is -1.31. The molecule has 0 aromatic rings. The Morgan fingerprint density at radius 2 is 2.03 bits per heavy atom. The molecule has 2 rings (SSSR count). The minimum absolute atomic E-state index is 0.117. The zero-order valence-corrected chi connectivity index (χ0v) is 19.3. The molecular weight excluding hydrogens is 418 g/mol. The highest BCUT2D eigenvalue weighted by atomic mass is 19.3. The van der Waals surface area contributed by atoms with Crippen LogP contribution in [0.3, 0.4) is 0 Å². The van der Waals surface area contributed by atoms with Crippen LogP contribution in [0, 0.1) is 11.8 Å². The van der Waals surface area contributed by atoms with Gasteiger partial charge in [-0.15, -0.1) is 0 Å². The topological polar surface area (TPSA) is 76.0 Å². The molecule has 5 nitrogen and oxygen atoms in total.